The van der Waals surface area contributed by atoms with E-state index >= 15 is 0 Å². The Morgan fingerprint density at radius 2 is 2.19 bits per heavy atom. The summed E-state index contributed by atoms with van der Waals surface area (Å²) in [6.07, 6.45) is 4.91. The second-order valence-corrected chi connectivity index (χ2v) is 5.78. The van der Waals surface area contributed by atoms with Gasteiger partial charge in [0.05, 0.1) is 20.6 Å². The van der Waals surface area contributed by atoms with Crippen LogP contribution in [-0.2, 0) is 6.42 Å². The molecule has 1 aliphatic carbocycles. The highest BCUT2D eigenvalue weighted by molar-refractivity contribution is 7.13. The molecule has 1 heterocycles. The van der Waals surface area contributed by atoms with Gasteiger partial charge in [0.15, 0.2) is 0 Å². The molecule has 86 valence electrons. The molecule has 0 aromatic carbocycles. The number of aryl methyl sites for hydroxylation is 2. The van der Waals surface area contributed by atoms with Gasteiger partial charge >= 0.3 is 0 Å². The first kappa shape index (κ1) is 12.2. The van der Waals surface area contributed by atoms with Crippen LogP contribution in [0.1, 0.15) is 35.3 Å². The summed E-state index contributed by atoms with van der Waals surface area (Å²) in [4.78, 5) is 5.70. The molecule has 0 saturated carbocycles. The molecule has 0 fully saturated rings. The lowest BCUT2D eigenvalue weighted by atomic mass is 10.0. The Hall–Kier alpha value is -0.310. The maximum absolute atomic E-state index is 6.26. The van der Waals surface area contributed by atoms with Gasteiger partial charge < -0.3 is 0 Å². The van der Waals surface area contributed by atoms with Crippen molar-refractivity contribution in [2.45, 2.75) is 33.1 Å². The summed E-state index contributed by atoms with van der Waals surface area (Å²) in [5.74, 6) is 0. The molecule has 16 heavy (non-hydrogen) atoms. The van der Waals surface area contributed by atoms with E-state index in [1.54, 1.807) is 11.3 Å². The van der Waals surface area contributed by atoms with Gasteiger partial charge in [0, 0.05) is 10.6 Å². The molecule has 0 spiro atoms. The van der Waals surface area contributed by atoms with E-state index in [-0.39, 0.29) is 0 Å². The summed E-state index contributed by atoms with van der Waals surface area (Å²) in [7, 11) is 0. The number of halogens is 2. The Kier molecular flexibility index (Phi) is 3.73. The third-order valence-corrected chi connectivity index (χ3v) is 4.52. The fourth-order valence-corrected chi connectivity index (χ4v) is 3.39. The molecule has 1 nitrogen and oxygen atoms in total. The standard InChI is InChI=1S/C12H13Cl2NS/c1-3-10-12(16-7(2)15-10)8-5-4-6-9(13)11(8)14/h5H,3-4,6H2,1-2H3. The van der Waals surface area contributed by atoms with Crippen molar-refractivity contribution in [1.29, 1.82) is 0 Å². The third-order valence-electron chi connectivity index (χ3n) is 2.57. The van der Waals surface area contributed by atoms with Crippen molar-refractivity contribution >= 4 is 40.1 Å². The van der Waals surface area contributed by atoms with Crippen molar-refractivity contribution < 1.29 is 0 Å². The summed E-state index contributed by atoms with van der Waals surface area (Å²) in [5.41, 5.74) is 2.19. The van der Waals surface area contributed by atoms with Gasteiger partial charge in [-0.05, 0) is 26.2 Å². The molecule has 1 aromatic rings. The van der Waals surface area contributed by atoms with Crippen LogP contribution in [0.15, 0.2) is 16.1 Å². The first-order valence-electron chi connectivity index (χ1n) is 5.34. The highest BCUT2D eigenvalue weighted by atomic mass is 35.5. The SMILES string of the molecule is CCc1nc(C)sc1C1=CCCC(Cl)=C1Cl. The number of hydrogen-bond donors (Lipinski definition) is 0. The molecular formula is C12H13Cl2NS. The van der Waals surface area contributed by atoms with Gasteiger partial charge in [-0.15, -0.1) is 11.3 Å². The van der Waals surface area contributed by atoms with Gasteiger partial charge in [-0.25, -0.2) is 4.98 Å². The van der Waals surface area contributed by atoms with Crippen molar-refractivity contribution in [2.75, 3.05) is 0 Å². The number of rotatable bonds is 2. The van der Waals surface area contributed by atoms with Gasteiger partial charge in [0.25, 0.3) is 0 Å². The fourth-order valence-electron chi connectivity index (χ4n) is 1.80. The minimum Gasteiger partial charge on any atom is -0.246 e. The normalized spacial score (nSPS) is 16.6. The van der Waals surface area contributed by atoms with E-state index in [0.717, 1.165) is 40.6 Å². The van der Waals surface area contributed by atoms with Crippen LogP contribution < -0.4 is 0 Å². The first-order valence-corrected chi connectivity index (χ1v) is 6.92. The zero-order valence-electron chi connectivity index (χ0n) is 9.31. The van der Waals surface area contributed by atoms with Crippen LogP contribution in [-0.4, -0.2) is 4.98 Å². The van der Waals surface area contributed by atoms with E-state index < -0.39 is 0 Å². The summed E-state index contributed by atoms with van der Waals surface area (Å²) in [5, 5.41) is 2.55. The Morgan fingerprint density at radius 3 is 2.88 bits per heavy atom. The van der Waals surface area contributed by atoms with Gasteiger partial charge in [0.1, 0.15) is 0 Å². The fraction of sp³-hybridized carbons (Fsp3) is 0.417. The largest absolute Gasteiger partial charge is 0.246 e. The topological polar surface area (TPSA) is 12.9 Å². The minimum atomic E-state index is 0.700. The maximum Gasteiger partial charge on any atom is 0.0903 e. The monoisotopic (exact) mass is 273 g/mol. The van der Waals surface area contributed by atoms with Crippen LogP contribution in [0.3, 0.4) is 0 Å². The first-order chi connectivity index (χ1) is 7.63. The molecule has 0 unspecified atom stereocenters. The highest BCUT2D eigenvalue weighted by Gasteiger charge is 2.19. The number of allylic oxidation sites excluding steroid dienone is 4. The predicted molar refractivity (Wildman–Crippen MR) is 72.2 cm³/mol. The van der Waals surface area contributed by atoms with E-state index in [2.05, 4.69) is 18.0 Å². The average molecular weight is 274 g/mol. The Morgan fingerprint density at radius 1 is 1.44 bits per heavy atom. The van der Waals surface area contributed by atoms with Crippen LogP contribution >= 0.6 is 34.5 Å². The average Bonchev–Trinajstić information content (AvgIpc) is 2.63. The number of hydrogen-bond acceptors (Lipinski definition) is 2. The highest BCUT2D eigenvalue weighted by Crippen LogP contribution is 2.40. The Bertz CT molecular complexity index is 471. The predicted octanol–water partition coefficient (Wildman–Crippen LogP) is 4.88. The lowest BCUT2D eigenvalue weighted by molar-refractivity contribution is 1.01. The molecule has 0 bridgehead atoms. The number of nitrogens with zero attached hydrogens (tertiary/aromatic N) is 1. The second-order valence-electron chi connectivity index (χ2n) is 3.74. The van der Waals surface area contributed by atoms with Gasteiger partial charge in [0.2, 0.25) is 0 Å². The minimum absolute atomic E-state index is 0.700. The molecule has 0 amide bonds. The van der Waals surface area contributed by atoms with E-state index in [1.165, 1.54) is 4.88 Å². The van der Waals surface area contributed by atoms with Crippen molar-refractivity contribution in [1.82, 2.24) is 4.98 Å². The molecule has 0 radical (unpaired) electrons. The number of aromatic nitrogens is 1. The molecule has 0 saturated heterocycles. The molecular weight excluding hydrogens is 261 g/mol. The van der Waals surface area contributed by atoms with Crippen molar-refractivity contribution in [3.63, 3.8) is 0 Å². The molecule has 1 aromatic heterocycles. The van der Waals surface area contributed by atoms with Crippen molar-refractivity contribution in [3.8, 4) is 0 Å². The molecule has 4 heteroatoms. The van der Waals surface area contributed by atoms with Crippen LogP contribution in [0.5, 0.6) is 0 Å². The molecule has 1 aliphatic rings. The smallest absolute Gasteiger partial charge is 0.0903 e. The quantitative estimate of drug-likeness (QED) is 0.749. The Balaban J connectivity index is 2.48. The van der Waals surface area contributed by atoms with Crippen LogP contribution in [0.4, 0.5) is 0 Å². The summed E-state index contributed by atoms with van der Waals surface area (Å²) >= 11 is 14.1. The van der Waals surface area contributed by atoms with E-state index in [9.17, 15) is 0 Å². The summed E-state index contributed by atoms with van der Waals surface area (Å²) < 4.78 is 0. The number of thiazole rings is 1. The van der Waals surface area contributed by atoms with Crippen molar-refractivity contribution in [3.05, 3.63) is 31.7 Å². The summed E-state index contributed by atoms with van der Waals surface area (Å²) in [6, 6.07) is 0. The molecule has 0 atom stereocenters. The lowest BCUT2D eigenvalue weighted by Crippen LogP contribution is -1.95. The second kappa shape index (κ2) is 4.91. The Labute approximate surface area is 110 Å². The molecule has 0 N–H and O–H groups in total. The van der Waals surface area contributed by atoms with Crippen LogP contribution in [0.2, 0.25) is 0 Å². The van der Waals surface area contributed by atoms with Crippen LogP contribution in [0.25, 0.3) is 5.57 Å². The van der Waals surface area contributed by atoms with Gasteiger partial charge in [-0.3, -0.25) is 0 Å². The van der Waals surface area contributed by atoms with Gasteiger partial charge in [-0.2, -0.15) is 0 Å². The maximum atomic E-state index is 6.26. The van der Waals surface area contributed by atoms with Crippen molar-refractivity contribution in [2.24, 2.45) is 0 Å². The van der Waals surface area contributed by atoms with Gasteiger partial charge in [-0.1, -0.05) is 36.2 Å². The zero-order valence-corrected chi connectivity index (χ0v) is 11.6. The molecule has 0 aliphatic heterocycles. The lowest BCUT2D eigenvalue weighted by Gasteiger charge is -2.13. The van der Waals surface area contributed by atoms with E-state index in [1.807, 2.05) is 6.92 Å². The van der Waals surface area contributed by atoms with Crippen LogP contribution in [0, 0.1) is 6.92 Å². The zero-order chi connectivity index (χ0) is 11.7. The van der Waals surface area contributed by atoms with E-state index in [0.29, 0.717) is 5.03 Å². The van der Waals surface area contributed by atoms with E-state index in [4.69, 9.17) is 23.2 Å². The molecule has 2 rings (SSSR count). The summed E-state index contributed by atoms with van der Waals surface area (Å²) in [6.45, 7) is 4.14. The third kappa shape index (κ3) is 2.20.